The number of hydrogen-bond donors (Lipinski definition) is 3. The predicted octanol–water partition coefficient (Wildman–Crippen LogP) is 1.17. The first-order chi connectivity index (χ1) is 9.04. The molecule has 1 saturated carbocycles. The van der Waals surface area contributed by atoms with Crippen LogP contribution in [0.25, 0.3) is 0 Å². The first kappa shape index (κ1) is 14.3. The molecule has 2 rings (SSSR count). The third-order valence-corrected chi connectivity index (χ3v) is 4.78. The Morgan fingerprint density at radius 3 is 2.68 bits per heavy atom. The van der Waals surface area contributed by atoms with Gasteiger partial charge in [0.15, 0.2) is 0 Å². The molecule has 1 aliphatic rings. The van der Waals surface area contributed by atoms with Crippen molar-refractivity contribution in [3.05, 3.63) is 24.3 Å². The van der Waals surface area contributed by atoms with Crippen molar-refractivity contribution in [1.29, 1.82) is 0 Å². The Bertz CT molecular complexity index is 526. The Morgan fingerprint density at radius 2 is 2.05 bits per heavy atom. The van der Waals surface area contributed by atoms with Crippen LogP contribution in [-0.4, -0.2) is 32.7 Å². The molecule has 0 bridgehead atoms. The minimum absolute atomic E-state index is 0.222. The number of nitrogens with one attached hydrogen (secondary N) is 2. The molecule has 0 aliphatic heterocycles. The van der Waals surface area contributed by atoms with Gasteiger partial charge in [0.25, 0.3) is 0 Å². The van der Waals surface area contributed by atoms with Gasteiger partial charge in [0, 0.05) is 13.1 Å². The molecule has 1 unspecified atom stereocenters. The molecule has 106 valence electrons. The van der Waals surface area contributed by atoms with Gasteiger partial charge in [-0.2, -0.15) is 0 Å². The molecule has 3 N–H and O–H groups in total. The minimum Gasteiger partial charge on any atom is -0.391 e. The van der Waals surface area contributed by atoms with Crippen molar-refractivity contribution in [3.63, 3.8) is 0 Å². The number of para-hydroxylation sites is 1. The van der Waals surface area contributed by atoms with Crippen LogP contribution in [0.3, 0.4) is 0 Å². The third-order valence-electron chi connectivity index (χ3n) is 3.18. The predicted molar refractivity (Wildman–Crippen MR) is 74.5 cm³/mol. The molecule has 19 heavy (non-hydrogen) atoms. The van der Waals surface area contributed by atoms with E-state index in [0.717, 1.165) is 12.8 Å². The lowest BCUT2D eigenvalue weighted by molar-refractivity contribution is 0.164. The first-order valence-corrected chi connectivity index (χ1v) is 8.03. The fourth-order valence-corrected chi connectivity index (χ4v) is 3.20. The van der Waals surface area contributed by atoms with Gasteiger partial charge in [-0.25, -0.2) is 13.1 Å². The van der Waals surface area contributed by atoms with Crippen molar-refractivity contribution in [1.82, 2.24) is 4.72 Å². The van der Waals surface area contributed by atoms with Crippen molar-refractivity contribution in [3.8, 4) is 0 Å². The average Bonchev–Trinajstić information content (AvgIpc) is 3.20. The van der Waals surface area contributed by atoms with Crippen LogP contribution in [-0.2, 0) is 10.0 Å². The number of anilines is 1. The van der Waals surface area contributed by atoms with E-state index in [-0.39, 0.29) is 4.90 Å². The van der Waals surface area contributed by atoms with Gasteiger partial charge in [-0.15, -0.1) is 0 Å². The topological polar surface area (TPSA) is 78.4 Å². The monoisotopic (exact) mass is 284 g/mol. The van der Waals surface area contributed by atoms with Gasteiger partial charge in [-0.05, 0) is 30.9 Å². The zero-order valence-electron chi connectivity index (χ0n) is 11.0. The molecule has 1 aliphatic carbocycles. The molecule has 0 saturated heterocycles. The van der Waals surface area contributed by atoms with Crippen molar-refractivity contribution in [2.45, 2.75) is 30.8 Å². The number of sulfonamides is 1. The van der Waals surface area contributed by atoms with E-state index in [2.05, 4.69) is 10.0 Å². The van der Waals surface area contributed by atoms with Gasteiger partial charge < -0.3 is 10.4 Å². The van der Waals surface area contributed by atoms with Gasteiger partial charge in [0.05, 0.1) is 11.8 Å². The Hall–Kier alpha value is -1.11. The van der Waals surface area contributed by atoms with E-state index >= 15 is 0 Å². The second-order valence-corrected chi connectivity index (χ2v) is 6.52. The van der Waals surface area contributed by atoms with Crippen LogP contribution in [0.1, 0.15) is 19.8 Å². The van der Waals surface area contributed by atoms with Crippen molar-refractivity contribution in [2.24, 2.45) is 5.92 Å². The van der Waals surface area contributed by atoms with Crippen LogP contribution in [0.15, 0.2) is 29.2 Å². The van der Waals surface area contributed by atoms with E-state index in [1.807, 2.05) is 0 Å². The highest BCUT2D eigenvalue weighted by Crippen LogP contribution is 2.32. The second kappa shape index (κ2) is 5.90. The van der Waals surface area contributed by atoms with Gasteiger partial charge in [0.2, 0.25) is 10.0 Å². The molecule has 6 heteroatoms. The minimum atomic E-state index is -3.49. The number of aliphatic hydroxyl groups is 1. The summed E-state index contributed by atoms with van der Waals surface area (Å²) in [6, 6.07) is 6.73. The molecule has 0 radical (unpaired) electrons. The highest BCUT2D eigenvalue weighted by atomic mass is 32.2. The van der Waals surface area contributed by atoms with Gasteiger partial charge >= 0.3 is 0 Å². The molecule has 1 fully saturated rings. The van der Waals surface area contributed by atoms with Crippen LogP contribution < -0.4 is 10.0 Å². The summed E-state index contributed by atoms with van der Waals surface area (Å²) in [4.78, 5) is 0.222. The number of aliphatic hydroxyl groups excluding tert-OH is 1. The highest BCUT2D eigenvalue weighted by Gasteiger charge is 2.29. The van der Waals surface area contributed by atoms with E-state index in [4.69, 9.17) is 0 Å². The van der Waals surface area contributed by atoms with Crippen LogP contribution in [0.5, 0.6) is 0 Å². The van der Waals surface area contributed by atoms with Crippen LogP contribution in [0, 0.1) is 5.92 Å². The fourth-order valence-electron chi connectivity index (χ4n) is 1.98. The molecule has 0 amide bonds. The van der Waals surface area contributed by atoms with E-state index in [1.54, 1.807) is 31.2 Å². The standard InChI is InChI=1S/C13H20N2O3S/c1-2-15-19(17,18)13-6-4-3-5-11(13)14-9-12(16)10-7-8-10/h3-6,10,12,14-16H,2,7-9H2,1H3. The third kappa shape index (κ3) is 3.68. The van der Waals surface area contributed by atoms with E-state index < -0.39 is 16.1 Å². The molecule has 0 heterocycles. The Labute approximate surface area is 114 Å². The Balaban J connectivity index is 2.11. The number of hydrogen-bond acceptors (Lipinski definition) is 4. The summed E-state index contributed by atoms with van der Waals surface area (Å²) < 4.78 is 26.5. The quantitative estimate of drug-likeness (QED) is 0.702. The molecule has 1 aromatic carbocycles. The van der Waals surface area contributed by atoms with Gasteiger partial charge in [0.1, 0.15) is 4.90 Å². The van der Waals surface area contributed by atoms with Gasteiger partial charge in [-0.3, -0.25) is 0 Å². The fraction of sp³-hybridized carbons (Fsp3) is 0.538. The van der Waals surface area contributed by atoms with Crippen LogP contribution >= 0.6 is 0 Å². The van der Waals surface area contributed by atoms with Crippen molar-refractivity contribution in [2.75, 3.05) is 18.4 Å². The lowest BCUT2D eigenvalue weighted by Crippen LogP contribution is -2.26. The largest absolute Gasteiger partial charge is 0.391 e. The highest BCUT2D eigenvalue weighted by molar-refractivity contribution is 7.89. The van der Waals surface area contributed by atoms with E-state index in [1.165, 1.54) is 0 Å². The Kier molecular flexibility index (Phi) is 4.44. The lowest BCUT2D eigenvalue weighted by atomic mass is 10.2. The molecule has 1 atom stereocenters. The average molecular weight is 284 g/mol. The Morgan fingerprint density at radius 1 is 1.37 bits per heavy atom. The zero-order valence-corrected chi connectivity index (χ0v) is 11.8. The normalized spacial score (nSPS) is 17.2. The lowest BCUT2D eigenvalue weighted by Gasteiger charge is -2.15. The van der Waals surface area contributed by atoms with Crippen LogP contribution in [0.4, 0.5) is 5.69 Å². The zero-order chi connectivity index (χ0) is 13.9. The van der Waals surface area contributed by atoms with E-state index in [0.29, 0.717) is 24.7 Å². The van der Waals surface area contributed by atoms with Gasteiger partial charge in [-0.1, -0.05) is 19.1 Å². The maximum Gasteiger partial charge on any atom is 0.242 e. The summed E-state index contributed by atoms with van der Waals surface area (Å²) in [6.07, 6.45) is 1.70. The summed E-state index contributed by atoms with van der Waals surface area (Å²) in [5.41, 5.74) is 0.531. The summed E-state index contributed by atoms with van der Waals surface area (Å²) in [5, 5.41) is 12.8. The van der Waals surface area contributed by atoms with Crippen molar-refractivity contribution < 1.29 is 13.5 Å². The van der Waals surface area contributed by atoms with E-state index in [9.17, 15) is 13.5 Å². The second-order valence-electron chi connectivity index (χ2n) is 4.78. The summed E-state index contributed by atoms with van der Waals surface area (Å²) in [5.74, 6) is 0.366. The summed E-state index contributed by atoms with van der Waals surface area (Å²) >= 11 is 0. The summed E-state index contributed by atoms with van der Waals surface area (Å²) in [7, 11) is -3.49. The smallest absolute Gasteiger partial charge is 0.242 e. The molecular formula is C13H20N2O3S. The molecular weight excluding hydrogens is 264 g/mol. The number of rotatable bonds is 7. The number of benzene rings is 1. The molecule has 0 aromatic heterocycles. The maximum atomic E-state index is 12.0. The van der Waals surface area contributed by atoms with Crippen molar-refractivity contribution >= 4 is 15.7 Å². The molecule has 0 spiro atoms. The molecule has 5 nitrogen and oxygen atoms in total. The molecule has 1 aromatic rings. The van der Waals surface area contributed by atoms with Crippen LogP contribution in [0.2, 0.25) is 0 Å². The first-order valence-electron chi connectivity index (χ1n) is 6.55. The SMILES string of the molecule is CCNS(=O)(=O)c1ccccc1NCC(O)C1CC1. The maximum absolute atomic E-state index is 12.0. The summed E-state index contributed by atoms with van der Waals surface area (Å²) in [6.45, 7) is 2.47.